The summed E-state index contributed by atoms with van der Waals surface area (Å²) in [6.45, 7) is 3.18. The highest BCUT2D eigenvalue weighted by Crippen LogP contribution is 2.18. The number of carbonyl (C=O) groups excluding carboxylic acids is 2. The molecule has 0 aromatic heterocycles. The summed E-state index contributed by atoms with van der Waals surface area (Å²) < 4.78 is 5.18. The van der Waals surface area contributed by atoms with Gasteiger partial charge in [-0.15, -0.1) is 0 Å². The van der Waals surface area contributed by atoms with E-state index in [1.54, 1.807) is 13.2 Å². The van der Waals surface area contributed by atoms with Crippen molar-refractivity contribution in [2.24, 2.45) is 0 Å². The van der Waals surface area contributed by atoms with E-state index in [9.17, 15) is 9.59 Å². The second-order valence-electron chi connectivity index (χ2n) is 6.85. The third-order valence-electron chi connectivity index (χ3n) is 5.06. The van der Waals surface area contributed by atoms with E-state index in [0.717, 1.165) is 25.9 Å². The minimum Gasteiger partial charge on any atom is -0.497 e. The van der Waals surface area contributed by atoms with Gasteiger partial charge in [0.25, 0.3) is 5.91 Å². The first-order valence-corrected chi connectivity index (χ1v) is 9.11. The molecule has 1 N–H and O–H groups in total. The Hall–Kier alpha value is -2.08. The molecule has 6 heteroatoms. The number of hydrogen-bond acceptors (Lipinski definition) is 4. The Bertz CT molecular complexity index is 606. The van der Waals surface area contributed by atoms with Gasteiger partial charge in [-0.25, -0.2) is 0 Å². The minimum absolute atomic E-state index is 0.0222. The largest absolute Gasteiger partial charge is 0.497 e. The molecule has 0 unspecified atom stereocenters. The summed E-state index contributed by atoms with van der Waals surface area (Å²) in [4.78, 5) is 28.7. The van der Waals surface area contributed by atoms with Crippen molar-refractivity contribution in [3.8, 4) is 5.75 Å². The van der Waals surface area contributed by atoms with Crippen molar-refractivity contribution in [1.82, 2.24) is 15.1 Å². The van der Waals surface area contributed by atoms with Gasteiger partial charge in [-0.05, 0) is 31.0 Å². The zero-order chi connectivity index (χ0) is 17.6. The third-order valence-corrected chi connectivity index (χ3v) is 5.06. The monoisotopic (exact) mass is 345 g/mol. The fraction of sp³-hybridized carbons (Fsp3) is 0.579. The molecule has 0 bridgehead atoms. The van der Waals surface area contributed by atoms with Gasteiger partial charge >= 0.3 is 0 Å². The van der Waals surface area contributed by atoms with Crippen molar-refractivity contribution in [2.45, 2.75) is 31.7 Å². The van der Waals surface area contributed by atoms with Gasteiger partial charge in [0.15, 0.2) is 0 Å². The number of methoxy groups -OCH3 is 1. The molecule has 0 spiro atoms. The number of nitrogens with zero attached hydrogens (tertiary/aromatic N) is 2. The number of rotatable bonds is 5. The molecule has 25 heavy (non-hydrogen) atoms. The van der Waals surface area contributed by atoms with Gasteiger partial charge < -0.3 is 15.0 Å². The van der Waals surface area contributed by atoms with Crippen LogP contribution >= 0.6 is 0 Å². The Morgan fingerprint density at radius 3 is 2.56 bits per heavy atom. The maximum atomic E-state index is 12.6. The summed E-state index contributed by atoms with van der Waals surface area (Å²) in [7, 11) is 1.60. The predicted molar refractivity (Wildman–Crippen MR) is 95.7 cm³/mol. The first kappa shape index (κ1) is 17.7. The van der Waals surface area contributed by atoms with Crippen LogP contribution in [0.3, 0.4) is 0 Å². The molecule has 0 radical (unpaired) electrons. The lowest BCUT2D eigenvalue weighted by Crippen LogP contribution is -2.51. The van der Waals surface area contributed by atoms with Crippen LogP contribution in [0.1, 0.15) is 36.0 Å². The highest BCUT2D eigenvalue weighted by atomic mass is 16.5. The van der Waals surface area contributed by atoms with E-state index in [1.165, 1.54) is 12.8 Å². The maximum absolute atomic E-state index is 12.6. The number of amides is 2. The summed E-state index contributed by atoms with van der Waals surface area (Å²) >= 11 is 0. The van der Waals surface area contributed by atoms with Crippen molar-refractivity contribution >= 4 is 11.8 Å². The van der Waals surface area contributed by atoms with Crippen LogP contribution in [-0.2, 0) is 4.79 Å². The minimum atomic E-state index is 0.0222. The lowest BCUT2D eigenvalue weighted by molar-refractivity contribution is -0.123. The van der Waals surface area contributed by atoms with Crippen molar-refractivity contribution in [3.63, 3.8) is 0 Å². The van der Waals surface area contributed by atoms with Crippen LogP contribution < -0.4 is 10.1 Å². The highest BCUT2D eigenvalue weighted by Gasteiger charge is 2.24. The van der Waals surface area contributed by atoms with Crippen molar-refractivity contribution in [2.75, 3.05) is 39.8 Å². The highest BCUT2D eigenvalue weighted by molar-refractivity contribution is 5.94. The molecular weight excluding hydrogens is 318 g/mol. The number of hydrogen-bond donors (Lipinski definition) is 1. The predicted octanol–water partition coefficient (Wildman–Crippen LogP) is 1.51. The Balaban J connectivity index is 1.46. The van der Waals surface area contributed by atoms with Gasteiger partial charge in [-0.2, -0.15) is 0 Å². The molecular formula is C19H27N3O3. The molecule has 1 aliphatic heterocycles. The van der Waals surface area contributed by atoms with Gasteiger partial charge in [0.1, 0.15) is 5.75 Å². The summed E-state index contributed by atoms with van der Waals surface area (Å²) in [5, 5.41) is 3.12. The van der Waals surface area contributed by atoms with E-state index >= 15 is 0 Å². The first-order valence-electron chi connectivity index (χ1n) is 9.11. The average Bonchev–Trinajstić information content (AvgIpc) is 3.14. The molecule has 1 saturated heterocycles. The second kappa shape index (κ2) is 8.34. The van der Waals surface area contributed by atoms with Gasteiger partial charge in [0.2, 0.25) is 5.91 Å². The van der Waals surface area contributed by atoms with Crippen LogP contribution in [0, 0.1) is 0 Å². The van der Waals surface area contributed by atoms with Crippen molar-refractivity contribution in [1.29, 1.82) is 0 Å². The van der Waals surface area contributed by atoms with Crippen LogP contribution in [0.2, 0.25) is 0 Å². The topological polar surface area (TPSA) is 61.9 Å². The standard InChI is InChI=1S/C19H27N3O3/c1-25-17-8-4-5-15(13-17)19(24)22-11-9-21(10-12-22)14-18(23)20-16-6-2-3-7-16/h4-5,8,13,16H,2-3,6-7,9-12,14H2,1H3,(H,20,23). The normalized spacial score (nSPS) is 19.0. The summed E-state index contributed by atoms with van der Waals surface area (Å²) in [5.41, 5.74) is 0.645. The van der Waals surface area contributed by atoms with Crippen LogP contribution in [0.25, 0.3) is 0 Å². The molecule has 1 aliphatic carbocycles. The number of piperazine rings is 1. The number of carbonyl (C=O) groups is 2. The Kier molecular flexibility index (Phi) is 5.91. The van der Waals surface area contributed by atoms with Gasteiger partial charge in [0, 0.05) is 37.8 Å². The maximum Gasteiger partial charge on any atom is 0.254 e. The molecule has 2 fully saturated rings. The first-order chi connectivity index (χ1) is 12.2. The van der Waals surface area contributed by atoms with Crippen LogP contribution in [0.15, 0.2) is 24.3 Å². The molecule has 3 rings (SSSR count). The van der Waals surface area contributed by atoms with E-state index in [-0.39, 0.29) is 11.8 Å². The zero-order valence-corrected chi connectivity index (χ0v) is 14.9. The fourth-order valence-corrected chi connectivity index (χ4v) is 3.59. The average molecular weight is 345 g/mol. The quantitative estimate of drug-likeness (QED) is 0.879. The molecule has 1 heterocycles. The van der Waals surface area contributed by atoms with E-state index in [2.05, 4.69) is 10.2 Å². The summed E-state index contributed by atoms with van der Waals surface area (Å²) in [5.74, 6) is 0.821. The third kappa shape index (κ3) is 4.72. The summed E-state index contributed by atoms with van der Waals surface area (Å²) in [6, 6.07) is 7.60. The fourth-order valence-electron chi connectivity index (χ4n) is 3.59. The molecule has 1 aromatic rings. The molecule has 0 atom stereocenters. The summed E-state index contributed by atoms with van der Waals surface area (Å²) in [6.07, 6.45) is 4.65. The second-order valence-corrected chi connectivity index (χ2v) is 6.85. The van der Waals surface area contributed by atoms with Gasteiger partial charge in [0.05, 0.1) is 13.7 Å². The molecule has 6 nitrogen and oxygen atoms in total. The van der Waals surface area contributed by atoms with E-state index in [1.807, 2.05) is 23.1 Å². The lowest BCUT2D eigenvalue weighted by atomic mass is 10.1. The van der Waals surface area contributed by atoms with Crippen LogP contribution in [0.5, 0.6) is 5.75 Å². The van der Waals surface area contributed by atoms with Crippen LogP contribution in [0.4, 0.5) is 0 Å². The Labute approximate surface area is 149 Å². The Morgan fingerprint density at radius 2 is 1.88 bits per heavy atom. The van der Waals surface area contributed by atoms with E-state index < -0.39 is 0 Å². The molecule has 1 aromatic carbocycles. The van der Waals surface area contributed by atoms with Gasteiger partial charge in [-0.3, -0.25) is 14.5 Å². The molecule has 2 aliphatic rings. The van der Waals surface area contributed by atoms with E-state index in [0.29, 0.717) is 37.0 Å². The lowest BCUT2D eigenvalue weighted by Gasteiger charge is -2.34. The smallest absolute Gasteiger partial charge is 0.254 e. The molecule has 1 saturated carbocycles. The number of ether oxygens (including phenoxy) is 1. The molecule has 136 valence electrons. The SMILES string of the molecule is COc1cccc(C(=O)N2CCN(CC(=O)NC3CCCC3)CC2)c1. The Morgan fingerprint density at radius 1 is 1.16 bits per heavy atom. The zero-order valence-electron chi connectivity index (χ0n) is 14.9. The number of benzene rings is 1. The van der Waals surface area contributed by atoms with Gasteiger partial charge in [-0.1, -0.05) is 18.9 Å². The van der Waals surface area contributed by atoms with Crippen molar-refractivity contribution in [3.05, 3.63) is 29.8 Å². The van der Waals surface area contributed by atoms with Crippen LogP contribution in [-0.4, -0.2) is 67.5 Å². The van der Waals surface area contributed by atoms with E-state index in [4.69, 9.17) is 4.74 Å². The van der Waals surface area contributed by atoms with Crippen molar-refractivity contribution < 1.29 is 14.3 Å². The number of nitrogens with one attached hydrogen (secondary N) is 1. The molecule has 2 amide bonds.